The van der Waals surface area contributed by atoms with Crippen molar-refractivity contribution in [3.05, 3.63) is 83.4 Å². The van der Waals surface area contributed by atoms with Crippen molar-refractivity contribution in [3.8, 4) is 0 Å². The van der Waals surface area contributed by atoms with Crippen molar-refractivity contribution >= 4 is 44.1 Å². The molecule has 454 valence electrons. The van der Waals surface area contributed by atoms with E-state index in [0.717, 1.165) is 0 Å². The van der Waals surface area contributed by atoms with Gasteiger partial charge in [0.25, 0.3) is 31.4 Å². The van der Waals surface area contributed by atoms with Gasteiger partial charge < -0.3 is 39.4 Å². The van der Waals surface area contributed by atoms with E-state index in [4.69, 9.17) is 19.3 Å². The number of nitrogens with zero attached hydrogens (tertiary/aromatic N) is 2. The third kappa shape index (κ3) is 20.1. The van der Waals surface area contributed by atoms with Crippen LogP contribution < -0.4 is 0 Å². The fourth-order valence-electron chi connectivity index (χ4n) is 4.99. The average Bonchev–Trinajstić information content (AvgIpc) is 3.29. The zero-order valence-corrected chi connectivity index (χ0v) is 41.2. The molecule has 2 atom stereocenters. The van der Waals surface area contributed by atoms with Gasteiger partial charge in [-0.15, -0.1) is 0 Å². The molecule has 0 amide bonds. The van der Waals surface area contributed by atoms with Crippen molar-refractivity contribution in [3.63, 3.8) is 0 Å². The summed E-state index contributed by atoms with van der Waals surface area (Å²) in [5.41, 5.74) is -21.0. The van der Waals surface area contributed by atoms with Crippen LogP contribution in [0.5, 0.6) is 0 Å². The minimum atomic E-state index is -6.23. The molecule has 0 spiro atoms. The molecular formula is C40H38F18N2O18S2. The van der Waals surface area contributed by atoms with Crippen molar-refractivity contribution in [2.45, 2.75) is 109 Å². The fourth-order valence-corrected chi connectivity index (χ4v) is 6.10. The SMILES string of the molecule is CC(O)(CCOC(=O)c1cc(C(=O)OCCC(O)(C(F)(F)F)C(F)(F)F)cc(S(=O)(=O)O)c1)C(F)(F)F.CC(O)(CCOC(=O)c1cc(C(=O)OCCC(O)(C(F)(F)F)C(F)(F)F)cc(S(=O)(=O)O)c1)C(F)(F)F.c1cncnc1. The van der Waals surface area contributed by atoms with Gasteiger partial charge in [0.05, 0.1) is 58.5 Å². The molecule has 0 aliphatic rings. The summed E-state index contributed by atoms with van der Waals surface area (Å²) in [5.74, 6) is -6.82. The molecule has 6 N–H and O–H groups in total. The summed E-state index contributed by atoms with van der Waals surface area (Å²) in [5, 5.41) is 36.6. The first kappa shape index (κ1) is 71.8. The molecule has 2 unspecified atom stereocenters. The van der Waals surface area contributed by atoms with Crippen LogP contribution in [0.1, 0.15) is 81.0 Å². The van der Waals surface area contributed by atoms with Crippen LogP contribution in [0.4, 0.5) is 79.0 Å². The highest BCUT2D eigenvalue weighted by Crippen LogP contribution is 2.46. The second-order valence-electron chi connectivity index (χ2n) is 16.1. The lowest BCUT2D eigenvalue weighted by Gasteiger charge is -2.32. The maximum absolute atomic E-state index is 12.7. The molecule has 1 heterocycles. The van der Waals surface area contributed by atoms with Crippen LogP contribution in [0, 0.1) is 0 Å². The predicted octanol–water partition coefficient (Wildman–Crippen LogP) is 6.87. The van der Waals surface area contributed by atoms with Gasteiger partial charge >= 0.3 is 60.9 Å². The number of hydrogen-bond acceptors (Lipinski definition) is 18. The van der Waals surface area contributed by atoms with Gasteiger partial charge in [-0.05, 0) is 56.3 Å². The van der Waals surface area contributed by atoms with Crippen LogP contribution in [-0.4, -0.2) is 166 Å². The second-order valence-corrected chi connectivity index (χ2v) is 19.0. The Kier molecular flexibility index (Phi) is 23.5. The second kappa shape index (κ2) is 26.1. The van der Waals surface area contributed by atoms with Crippen molar-refractivity contribution in [2.24, 2.45) is 0 Å². The Balaban J connectivity index is 0.000000721. The van der Waals surface area contributed by atoms with E-state index in [9.17, 15) is 125 Å². The van der Waals surface area contributed by atoms with Gasteiger partial charge in [0.1, 0.15) is 6.33 Å². The van der Waals surface area contributed by atoms with Gasteiger partial charge in [-0.1, -0.05) is 0 Å². The largest absolute Gasteiger partial charge is 0.462 e. The van der Waals surface area contributed by atoms with E-state index in [-0.39, 0.29) is 0 Å². The monoisotopic (exact) mass is 1240 g/mol. The molecule has 0 aliphatic carbocycles. The first-order valence-corrected chi connectivity index (χ1v) is 23.5. The Morgan fingerprint density at radius 1 is 0.412 bits per heavy atom. The van der Waals surface area contributed by atoms with E-state index in [1.165, 1.54) is 6.33 Å². The first-order valence-electron chi connectivity index (χ1n) is 20.6. The molecule has 20 nitrogen and oxygen atoms in total. The van der Waals surface area contributed by atoms with Crippen LogP contribution in [0.15, 0.2) is 71.0 Å². The van der Waals surface area contributed by atoms with Crippen molar-refractivity contribution < 1.29 is 164 Å². The van der Waals surface area contributed by atoms with Crippen molar-refractivity contribution in [1.82, 2.24) is 9.97 Å². The predicted molar refractivity (Wildman–Crippen MR) is 222 cm³/mol. The summed E-state index contributed by atoms with van der Waals surface area (Å²) >= 11 is 0. The Morgan fingerprint density at radius 3 is 0.800 bits per heavy atom. The molecule has 0 radical (unpaired) electrons. The molecule has 0 bridgehead atoms. The lowest BCUT2D eigenvalue weighted by atomic mass is 9.99. The summed E-state index contributed by atoms with van der Waals surface area (Å²) in [7, 11) is -10.4. The van der Waals surface area contributed by atoms with Crippen LogP contribution >= 0.6 is 0 Å². The zero-order valence-electron chi connectivity index (χ0n) is 39.5. The Morgan fingerprint density at radius 2 is 0.637 bits per heavy atom. The highest BCUT2D eigenvalue weighted by Gasteiger charge is 2.71. The summed E-state index contributed by atoms with van der Waals surface area (Å²) in [4.78, 5) is 53.3. The third-order valence-corrected chi connectivity index (χ3v) is 11.6. The number of alkyl halides is 18. The van der Waals surface area contributed by atoms with Gasteiger partial charge in [0.15, 0.2) is 11.2 Å². The molecular weight excluding hydrogens is 1200 g/mol. The molecule has 0 fully saturated rings. The molecule has 3 rings (SSSR count). The standard InChI is InChI=1S/2C18H17F9O9S.C4H4N2/c2*1-14(30,16(19,20)21)2-4-35-12(28)9-6-10(8-11(7-9)37(32,33)34)13(29)36-5-3-15(31,17(22,23)24)18(25,26)27;1-2-5-4-6-3-1/h2*6-8,30-31H,2-5H2,1H3,(H,32,33,34);1-4H. The fraction of sp³-hybridized carbons (Fsp3) is 0.500. The van der Waals surface area contributed by atoms with Gasteiger partial charge in [-0.3, -0.25) is 9.11 Å². The topological polar surface area (TPSA) is 321 Å². The summed E-state index contributed by atoms with van der Waals surface area (Å²) in [6, 6.07) is 4.04. The number of halogens is 18. The number of rotatable bonds is 18. The zero-order chi connectivity index (χ0) is 62.7. The molecule has 0 saturated heterocycles. The third-order valence-electron chi connectivity index (χ3n) is 9.96. The minimum Gasteiger partial charge on any atom is -0.462 e. The molecule has 0 aliphatic heterocycles. The summed E-state index contributed by atoms with van der Waals surface area (Å²) in [6.07, 6.45) is -37.1. The van der Waals surface area contributed by atoms with Crippen molar-refractivity contribution in [2.75, 3.05) is 26.4 Å². The Bertz CT molecular complexity index is 2610. The summed E-state index contributed by atoms with van der Waals surface area (Å²) in [6.45, 7) is -4.89. The van der Waals surface area contributed by atoms with E-state index in [1.807, 2.05) is 0 Å². The number of aromatic nitrogens is 2. The number of benzene rings is 2. The number of ether oxygens (including phenoxy) is 4. The molecule has 80 heavy (non-hydrogen) atoms. The summed E-state index contributed by atoms with van der Waals surface area (Å²) < 4.78 is 309. The number of esters is 4. The normalized spacial score (nSPS) is 14.6. The molecule has 2 aromatic carbocycles. The van der Waals surface area contributed by atoms with Crippen LogP contribution in [0.3, 0.4) is 0 Å². The lowest BCUT2D eigenvalue weighted by Crippen LogP contribution is -2.57. The van der Waals surface area contributed by atoms with E-state index in [0.29, 0.717) is 50.2 Å². The average molecular weight is 1240 g/mol. The quantitative estimate of drug-likeness (QED) is 0.0327. The molecule has 40 heteroatoms. The van der Waals surface area contributed by atoms with E-state index in [2.05, 4.69) is 28.9 Å². The minimum absolute atomic E-state index is 0.308. The first-order chi connectivity index (χ1) is 35.7. The molecule has 0 saturated carbocycles. The van der Waals surface area contributed by atoms with Crippen LogP contribution in [-0.2, 0) is 39.2 Å². The number of hydrogen-bond donors (Lipinski definition) is 6. The maximum Gasteiger partial charge on any atom is 0.426 e. The van der Waals surface area contributed by atoms with Crippen molar-refractivity contribution in [1.29, 1.82) is 0 Å². The molecule has 3 aromatic rings. The smallest absolute Gasteiger partial charge is 0.426 e. The number of carbonyl (C=O) groups is 4. The highest BCUT2D eigenvalue weighted by molar-refractivity contribution is 7.86. The lowest BCUT2D eigenvalue weighted by molar-refractivity contribution is -0.371. The molecule has 1 aromatic heterocycles. The highest BCUT2D eigenvalue weighted by atomic mass is 32.2. The van der Waals surface area contributed by atoms with E-state index < -0.39 is 188 Å². The van der Waals surface area contributed by atoms with E-state index in [1.54, 1.807) is 18.5 Å². The van der Waals surface area contributed by atoms with Gasteiger partial charge in [-0.2, -0.15) is 95.9 Å². The maximum atomic E-state index is 12.7. The van der Waals surface area contributed by atoms with Crippen LogP contribution in [0.25, 0.3) is 0 Å². The number of aliphatic hydroxyl groups is 4. The Labute approximate surface area is 435 Å². The van der Waals surface area contributed by atoms with Gasteiger partial charge in [0, 0.05) is 38.1 Å². The van der Waals surface area contributed by atoms with Gasteiger partial charge in [-0.25, -0.2) is 29.1 Å². The van der Waals surface area contributed by atoms with Crippen LogP contribution in [0.2, 0.25) is 0 Å². The van der Waals surface area contributed by atoms with Gasteiger partial charge in [0.2, 0.25) is 0 Å². The number of carbonyl (C=O) groups excluding carboxylic acids is 4. The Hall–Kier alpha value is -6.20. The van der Waals surface area contributed by atoms with E-state index >= 15 is 0 Å².